The molecule has 1 fully saturated rings. The quantitative estimate of drug-likeness (QED) is 0.800. The average molecular weight is 360 g/mol. The van der Waals surface area contributed by atoms with Crippen molar-refractivity contribution in [3.8, 4) is 5.75 Å². The van der Waals surface area contributed by atoms with Gasteiger partial charge in [0.1, 0.15) is 22.8 Å². The van der Waals surface area contributed by atoms with Crippen LogP contribution in [0.25, 0.3) is 0 Å². The van der Waals surface area contributed by atoms with Crippen LogP contribution >= 0.6 is 0 Å². The Morgan fingerprint density at radius 2 is 1.65 bits per heavy atom. The Labute approximate surface area is 149 Å². The van der Waals surface area contributed by atoms with Crippen molar-refractivity contribution < 1.29 is 23.1 Å². The highest BCUT2D eigenvalue weighted by Crippen LogP contribution is 2.48. The molecule has 2 amide bonds. The second-order valence-electron chi connectivity index (χ2n) is 6.32. The number of carbonyl (C=O) groups excluding carboxylic acids is 2. The normalized spacial score (nSPS) is 14.5. The van der Waals surface area contributed by atoms with Crippen LogP contribution in [-0.4, -0.2) is 18.9 Å². The molecule has 1 aliphatic carbocycles. The molecule has 1 aliphatic rings. The third-order valence-electron chi connectivity index (χ3n) is 4.40. The van der Waals surface area contributed by atoms with Crippen LogP contribution in [0.5, 0.6) is 5.75 Å². The lowest BCUT2D eigenvalue weighted by molar-refractivity contribution is -0.131. The van der Waals surface area contributed by atoms with Gasteiger partial charge in [-0.25, -0.2) is 8.78 Å². The van der Waals surface area contributed by atoms with E-state index in [4.69, 9.17) is 4.74 Å². The van der Waals surface area contributed by atoms with Gasteiger partial charge in [0.25, 0.3) is 0 Å². The number of carbonyl (C=O) groups is 2. The highest BCUT2D eigenvalue weighted by Gasteiger charge is 2.56. The zero-order chi connectivity index (χ0) is 18.9. The van der Waals surface area contributed by atoms with Gasteiger partial charge < -0.3 is 15.4 Å². The molecule has 0 heterocycles. The zero-order valence-corrected chi connectivity index (χ0v) is 14.4. The maximum atomic E-state index is 13.7. The number of benzene rings is 2. The van der Waals surface area contributed by atoms with Crippen LogP contribution in [0.1, 0.15) is 18.4 Å². The number of hydrogen-bond donors (Lipinski definition) is 2. The van der Waals surface area contributed by atoms with Crippen molar-refractivity contribution in [1.82, 2.24) is 0 Å². The van der Waals surface area contributed by atoms with E-state index in [1.54, 1.807) is 12.1 Å². The number of methoxy groups -OCH3 is 1. The molecule has 0 aliphatic heterocycles. The number of ether oxygens (including phenoxy) is 1. The van der Waals surface area contributed by atoms with E-state index in [0.29, 0.717) is 30.3 Å². The Morgan fingerprint density at radius 3 is 2.23 bits per heavy atom. The van der Waals surface area contributed by atoms with Gasteiger partial charge in [-0.2, -0.15) is 0 Å². The minimum Gasteiger partial charge on any atom is -0.495 e. The molecule has 0 unspecified atom stereocenters. The number of rotatable bonds is 5. The first-order chi connectivity index (χ1) is 12.4. The van der Waals surface area contributed by atoms with Crippen molar-refractivity contribution in [1.29, 1.82) is 0 Å². The summed E-state index contributed by atoms with van der Waals surface area (Å²) in [6.07, 6.45) is 0.698. The van der Waals surface area contributed by atoms with Crippen LogP contribution in [0.4, 0.5) is 20.2 Å². The summed E-state index contributed by atoms with van der Waals surface area (Å²) in [6, 6.07) is 8.14. The second kappa shape index (κ2) is 6.74. The van der Waals surface area contributed by atoms with Gasteiger partial charge in [0.05, 0.1) is 18.5 Å². The van der Waals surface area contributed by atoms with Gasteiger partial charge in [0.2, 0.25) is 11.8 Å². The summed E-state index contributed by atoms with van der Waals surface area (Å²) in [7, 11) is 1.48. The van der Waals surface area contributed by atoms with Gasteiger partial charge in [-0.05, 0) is 49.6 Å². The summed E-state index contributed by atoms with van der Waals surface area (Å²) < 4.78 is 31.9. The van der Waals surface area contributed by atoms with Gasteiger partial charge in [-0.3, -0.25) is 9.59 Å². The molecule has 5 nitrogen and oxygen atoms in total. The van der Waals surface area contributed by atoms with E-state index >= 15 is 0 Å². The predicted molar refractivity (Wildman–Crippen MR) is 93.0 cm³/mol. The molecule has 0 bridgehead atoms. The van der Waals surface area contributed by atoms with Crippen molar-refractivity contribution in [3.63, 3.8) is 0 Å². The van der Waals surface area contributed by atoms with Gasteiger partial charge in [0, 0.05) is 6.07 Å². The van der Waals surface area contributed by atoms with Crippen LogP contribution < -0.4 is 15.4 Å². The summed E-state index contributed by atoms with van der Waals surface area (Å²) in [6.45, 7) is 1.87. The third kappa shape index (κ3) is 3.37. The van der Waals surface area contributed by atoms with E-state index in [0.717, 1.165) is 17.7 Å². The summed E-state index contributed by atoms with van der Waals surface area (Å²) in [5.74, 6) is -2.26. The Hall–Kier alpha value is -2.96. The molecule has 26 heavy (non-hydrogen) atoms. The summed E-state index contributed by atoms with van der Waals surface area (Å²) in [5.41, 5.74) is -0.0489. The number of halogens is 2. The van der Waals surface area contributed by atoms with Crippen molar-refractivity contribution in [3.05, 3.63) is 53.6 Å². The maximum Gasteiger partial charge on any atom is 0.240 e. The molecule has 2 aromatic carbocycles. The number of anilines is 2. The van der Waals surface area contributed by atoms with Gasteiger partial charge >= 0.3 is 0 Å². The molecule has 3 rings (SSSR count). The second-order valence-corrected chi connectivity index (χ2v) is 6.32. The summed E-state index contributed by atoms with van der Waals surface area (Å²) in [4.78, 5) is 25.2. The number of hydrogen-bond acceptors (Lipinski definition) is 3. The van der Waals surface area contributed by atoms with Gasteiger partial charge in [-0.15, -0.1) is 0 Å². The largest absolute Gasteiger partial charge is 0.495 e. The van der Waals surface area contributed by atoms with Crippen molar-refractivity contribution in [2.75, 3.05) is 17.7 Å². The third-order valence-corrected chi connectivity index (χ3v) is 4.40. The smallest absolute Gasteiger partial charge is 0.240 e. The lowest BCUT2D eigenvalue weighted by Crippen LogP contribution is -2.36. The summed E-state index contributed by atoms with van der Waals surface area (Å²) >= 11 is 0. The molecule has 2 N–H and O–H groups in total. The number of nitrogens with one attached hydrogen (secondary N) is 2. The van der Waals surface area contributed by atoms with Gasteiger partial charge in [-0.1, -0.05) is 6.07 Å². The minimum atomic E-state index is -1.27. The van der Waals surface area contributed by atoms with E-state index in [2.05, 4.69) is 10.6 Å². The maximum absolute atomic E-state index is 13.7. The fourth-order valence-electron chi connectivity index (χ4n) is 2.68. The SMILES string of the molecule is COc1ccc(C)cc1NC(=O)C1(C(=O)Nc2ccc(F)cc2F)CC1. The lowest BCUT2D eigenvalue weighted by Gasteiger charge is -2.17. The molecule has 0 aromatic heterocycles. The molecule has 0 atom stereocenters. The summed E-state index contributed by atoms with van der Waals surface area (Å²) in [5, 5.41) is 5.09. The molecule has 1 saturated carbocycles. The van der Waals surface area contributed by atoms with E-state index in [1.807, 2.05) is 13.0 Å². The van der Waals surface area contributed by atoms with Crippen LogP contribution in [0.2, 0.25) is 0 Å². The Morgan fingerprint density at radius 1 is 1.00 bits per heavy atom. The zero-order valence-electron chi connectivity index (χ0n) is 14.4. The standard InChI is InChI=1S/C19H18F2N2O3/c1-11-3-6-16(26-2)15(9-11)23-18(25)19(7-8-19)17(24)22-14-5-4-12(20)10-13(14)21/h3-6,9-10H,7-8H2,1-2H3,(H,22,24)(H,23,25). The minimum absolute atomic E-state index is 0.163. The molecule has 7 heteroatoms. The molecular formula is C19H18F2N2O3. The highest BCUT2D eigenvalue weighted by atomic mass is 19.1. The van der Waals surface area contributed by atoms with Crippen LogP contribution in [0, 0.1) is 24.0 Å². The monoisotopic (exact) mass is 360 g/mol. The van der Waals surface area contributed by atoms with E-state index in [-0.39, 0.29) is 5.69 Å². The number of amides is 2. The Kier molecular flexibility index (Phi) is 4.63. The first kappa shape index (κ1) is 17.8. The molecule has 2 aromatic rings. The van der Waals surface area contributed by atoms with Crippen molar-refractivity contribution in [2.24, 2.45) is 5.41 Å². The van der Waals surface area contributed by atoms with E-state index in [1.165, 1.54) is 7.11 Å². The number of aryl methyl sites for hydroxylation is 1. The average Bonchev–Trinajstić information content (AvgIpc) is 3.39. The molecular weight excluding hydrogens is 342 g/mol. The molecule has 0 spiro atoms. The molecule has 0 saturated heterocycles. The van der Waals surface area contributed by atoms with Crippen LogP contribution in [-0.2, 0) is 9.59 Å². The molecule has 136 valence electrons. The first-order valence-corrected chi connectivity index (χ1v) is 8.08. The van der Waals surface area contributed by atoms with Crippen LogP contribution in [0.15, 0.2) is 36.4 Å². The highest BCUT2D eigenvalue weighted by molar-refractivity contribution is 6.17. The predicted octanol–water partition coefficient (Wildman–Crippen LogP) is 3.64. The van der Waals surface area contributed by atoms with Crippen molar-refractivity contribution in [2.45, 2.75) is 19.8 Å². The lowest BCUT2D eigenvalue weighted by atomic mass is 10.0. The fraction of sp³-hybridized carbons (Fsp3) is 0.263. The van der Waals surface area contributed by atoms with E-state index < -0.39 is 28.9 Å². The Bertz CT molecular complexity index is 879. The fourth-order valence-corrected chi connectivity index (χ4v) is 2.68. The first-order valence-electron chi connectivity index (χ1n) is 8.08. The van der Waals surface area contributed by atoms with Gasteiger partial charge in [0.15, 0.2) is 0 Å². The topological polar surface area (TPSA) is 67.4 Å². The van der Waals surface area contributed by atoms with E-state index in [9.17, 15) is 18.4 Å². The molecule has 0 radical (unpaired) electrons. The Balaban J connectivity index is 1.77. The van der Waals surface area contributed by atoms with Crippen LogP contribution in [0.3, 0.4) is 0 Å². The van der Waals surface area contributed by atoms with Crippen molar-refractivity contribution >= 4 is 23.2 Å².